The minimum Gasteiger partial charge on any atom is -0.393 e. The predicted molar refractivity (Wildman–Crippen MR) is 71.8 cm³/mol. The summed E-state index contributed by atoms with van der Waals surface area (Å²) in [7, 11) is 0. The van der Waals surface area contributed by atoms with Crippen molar-refractivity contribution in [3.63, 3.8) is 0 Å². The van der Waals surface area contributed by atoms with Crippen molar-refractivity contribution in [1.29, 1.82) is 0 Å². The molecular formula is C14H23FN2O. The van der Waals surface area contributed by atoms with Crippen LogP contribution in [0.2, 0.25) is 0 Å². The SMILES string of the molecule is Cc1cc(F)ccc1C(CN)NC(C)CC(C)O. The van der Waals surface area contributed by atoms with E-state index in [-0.39, 0.29) is 24.0 Å². The molecule has 3 unspecified atom stereocenters. The summed E-state index contributed by atoms with van der Waals surface area (Å²) in [5, 5.41) is 12.7. The van der Waals surface area contributed by atoms with Crippen LogP contribution < -0.4 is 11.1 Å². The van der Waals surface area contributed by atoms with Crippen LogP contribution in [0.3, 0.4) is 0 Å². The van der Waals surface area contributed by atoms with Crippen LogP contribution in [-0.2, 0) is 0 Å². The summed E-state index contributed by atoms with van der Waals surface area (Å²) in [4.78, 5) is 0. The lowest BCUT2D eigenvalue weighted by atomic mass is 9.99. The number of aliphatic hydroxyl groups is 1. The summed E-state index contributed by atoms with van der Waals surface area (Å²) in [6.45, 7) is 6.09. The molecule has 1 rings (SSSR count). The van der Waals surface area contributed by atoms with Crippen LogP contribution in [0.15, 0.2) is 18.2 Å². The second-order valence-electron chi connectivity index (χ2n) is 4.94. The molecule has 18 heavy (non-hydrogen) atoms. The number of benzene rings is 1. The first kappa shape index (κ1) is 15.1. The Balaban J connectivity index is 2.76. The molecule has 4 heteroatoms. The molecular weight excluding hydrogens is 231 g/mol. The minimum atomic E-state index is -0.347. The van der Waals surface area contributed by atoms with E-state index < -0.39 is 0 Å². The molecule has 1 aromatic rings. The Kier molecular flexibility index (Phi) is 5.72. The van der Waals surface area contributed by atoms with E-state index in [9.17, 15) is 9.50 Å². The van der Waals surface area contributed by atoms with Crippen LogP contribution >= 0.6 is 0 Å². The van der Waals surface area contributed by atoms with Crippen molar-refractivity contribution in [2.24, 2.45) is 5.73 Å². The van der Waals surface area contributed by atoms with Crippen molar-refractivity contribution in [3.8, 4) is 0 Å². The third-order valence-corrected chi connectivity index (χ3v) is 3.02. The number of hydrogen-bond acceptors (Lipinski definition) is 3. The quantitative estimate of drug-likeness (QED) is 0.726. The number of aliphatic hydroxyl groups excluding tert-OH is 1. The van der Waals surface area contributed by atoms with Gasteiger partial charge in [-0.3, -0.25) is 0 Å². The van der Waals surface area contributed by atoms with Crippen molar-refractivity contribution < 1.29 is 9.50 Å². The fraction of sp³-hybridized carbons (Fsp3) is 0.571. The Labute approximate surface area is 108 Å². The largest absolute Gasteiger partial charge is 0.393 e. The Hall–Kier alpha value is -0.970. The van der Waals surface area contributed by atoms with Gasteiger partial charge in [0.05, 0.1) is 6.10 Å². The highest BCUT2D eigenvalue weighted by Crippen LogP contribution is 2.19. The van der Waals surface area contributed by atoms with Gasteiger partial charge in [0.15, 0.2) is 0 Å². The van der Waals surface area contributed by atoms with E-state index >= 15 is 0 Å². The molecule has 0 saturated heterocycles. The molecule has 4 N–H and O–H groups in total. The summed E-state index contributed by atoms with van der Waals surface area (Å²) in [5.41, 5.74) is 7.67. The second-order valence-corrected chi connectivity index (χ2v) is 4.94. The highest BCUT2D eigenvalue weighted by atomic mass is 19.1. The number of nitrogens with two attached hydrogens (primary N) is 1. The normalized spacial score (nSPS) is 16.3. The average molecular weight is 254 g/mol. The number of halogens is 1. The minimum absolute atomic E-state index is 0.0145. The summed E-state index contributed by atoms with van der Waals surface area (Å²) in [5.74, 6) is -0.232. The van der Waals surface area contributed by atoms with Gasteiger partial charge in [0.2, 0.25) is 0 Å². The van der Waals surface area contributed by atoms with Gasteiger partial charge < -0.3 is 16.2 Å². The lowest BCUT2D eigenvalue weighted by Gasteiger charge is -2.24. The number of aryl methyl sites for hydroxylation is 1. The Morgan fingerprint density at radius 1 is 1.39 bits per heavy atom. The zero-order chi connectivity index (χ0) is 13.7. The molecule has 0 heterocycles. The van der Waals surface area contributed by atoms with Crippen LogP contribution in [0, 0.1) is 12.7 Å². The Morgan fingerprint density at radius 2 is 2.06 bits per heavy atom. The highest BCUT2D eigenvalue weighted by molar-refractivity contribution is 5.29. The molecule has 0 amide bonds. The van der Waals surface area contributed by atoms with Crippen molar-refractivity contribution in [2.75, 3.05) is 6.54 Å². The Bertz CT molecular complexity index is 382. The van der Waals surface area contributed by atoms with Gasteiger partial charge in [-0.05, 0) is 50.5 Å². The van der Waals surface area contributed by atoms with Crippen LogP contribution in [-0.4, -0.2) is 23.8 Å². The van der Waals surface area contributed by atoms with Gasteiger partial charge in [0, 0.05) is 18.6 Å². The fourth-order valence-corrected chi connectivity index (χ4v) is 2.24. The van der Waals surface area contributed by atoms with Gasteiger partial charge in [0.1, 0.15) is 5.82 Å². The monoisotopic (exact) mass is 254 g/mol. The van der Waals surface area contributed by atoms with Gasteiger partial charge in [-0.2, -0.15) is 0 Å². The second kappa shape index (κ2) is 6.83. The van der Waals surface area contributed by atoms with Gasteiger partial charge >= 0.3 is 0 Å². The van der Waals surface area contributed by atoms with E-state index in [4.69, 9.17) is 5.73 Å². The van der Waals surface area contributed by atoms with Gasteiger partial charge in [0.25, 0.3) is 0 Å². The molecule has 0 spiro atoms. The van der Waals surface area contributed by atoms with Crippen LogP contribution in [0.25, 0.3) is 0 Å². The fourth-order valence-electron chi connectivity index (χ4n) is 2.24. The maximum atomic E-state index is 13.1. The van der Waals surface area contributed by atoms with E-state index in [0.29, 0.717) is 13.0 Å². The highest BCUT2D eigenvalue weighted by Gasteiger charge is 2.16. The summed E-state index contributed by atoms with van der Waals surface area (Å²) < 4.78 is 13.1. The number of nitrogens with one attached hydrogen (secondary N) is 1. The van der Waals surface area contributed by atoms with Gasteiger partial charge in [-0.25, -0.2) is 4.39 Å². The van der Waals surface area contributed by atoms with E-state index in [1.54, 1.807) is 13.0 Å². The molecule has 102 valence electrons. The predicted octanol–water partition coefficient (Wildman–Crippen LogP) is 1.88. The molecule has 0 saturated carbocycles. The maximum absolute atomic E-state index is 13.1. The lowest BCUT2D eigenvalue weighted by molar-refractivity contribution is 0.168. The molecule has 0 aliphatic carbocycles. The maximum Gasteiger partial charge on any atom is 0.123 e. The molecule has 0 aliphatic heterocycles. The van der Waals surface area contributed by atoms with Crippen molar-refractivity contribution in [1.82, 2.24) is 5.32 Å². The third-order valence-electron chi connectivity index (χ3n) is 3.02. The van der Waals surface area contributed by atoms with E-state index in [1.807, 2.05) is 13.8 Å². The number of hydrogen-bond donors (Lipinski definition) is 3. The van der Waals surface area contributed by atoms with Crippen molar-refractivity contribution in [3.05, 3.63) is 35.1 Å². The zero-order valence-electron chi connectivity index (χ0n) is 11.3. The van der Waals surface area contributed by atoms with Crippen LogP contribution in [0.4, 0.5) is 4.39 Å². The van der Waals surface area contributed by atoms with Crippen molar-refractivity contribution >= 4 is 0 Å². The molecule has 0 aliphatic rings. The molecule has 3 nitrogen and oxygen atoms in total. The summed E-state index contributed by atoms with van der Waals surface area (Å²) >= 11 is 0. The smallest absolute Gasteiger partial charge is 0.123 e. The van der Waals surface area contributed by atoms with E-state index in [0.717, 1.165) is 11.1 Å². The first-order valence-electron chi connectivity index (χ1n) is 6.34. The number of rotatable bonds is 6. The summed E-state index contributed by atoms with van der Waals surface area (Å²) in [6, 6.07) is 4.87. The molecule has 0 radical (unpaired) electrons. The molecule has 1 aromatic carbocycles. The van der Waals surface area contributed by atoms with Gasteiger partial charge in [-0.15, -0.1) is 0 Å². The lowest BCUT2D eigenvalue weighted by Crippen LogP contribution is -2.37. The first-order valence-corrected chi connectivity index (χ1v) is 6.34. The van der Waals surface area contributed by atoms with Crippen molar-refractivity contribution in [2.45, 2.75) is 45.4 Å². The van der Waals surface area contributed by atoms with Gasteiger partial charge in [-0.1, -0.05) is 6.07 Å². The van der Waals surface area contributed by atoms with Crippen LogP contribution in [0.1, 0.15) is 37.4 Å². The zero-order valence-corrected chi connectivity index (χ0v) is 11.3. The topological polar surface area (TPSA) is 58.3 Å². The summed E-state index contributed by atoms with van der Waals surface area (Å²) in [6.07, 6.45) is 0.316. The molecule has 3 atom stereocenters. The standard InChI is InChI=1S/C14H23FN2O/c1-9-6-12(15)4-5-13(9)14(8-16)17-10(2)7-11(3)18/h4-6,10-11,14,17-18H,7-8,16H2,1-3H3. The first-order chi connectivity index (χ1) is 8.43. The molecule has 0 fully saturated rings. The molecule has 0 bridgehead atoms. The Morgan fingerprint density at radius 3 is 2.56 bits per heavy atom. The van der Waals surface area contributed by atoms with E-state index in [2.05, 4.69) is 5.32 Å². The van der Waals surface area contributed by atoms with Crippen LogP contribution in [0.5, 0.6) is 0 Å². The average Bonchev–Trinajstić information content (AvgIpc) is 2.25. The third kappa shape index (κ3) is 4.37. The molecule has 0 aromatic heterocycles. The van der Waals surface area contributed by atoms with E-state index in [1.165, 1.54) is 12.1 Å².